The molecule has 0 amide bonds. The van der Waals surface area contributed by atoms with E-state index in [0.717, 1.165) is 16.9 Å². The molecule has 0 spiro atoms. The number of rotatable bonds is 1. The van der Waals surface area contributed by atoms with Crippen molar-refractivity contribution in [3.63, 3.8) is 0 Å². The topological polar surface area (TPSA) is 35.2 Å². The molecule has 0 saturated carbocycles. The summed E-state index contributed by atoms with van der Waals surface area (Å²) in [4.78, 5) is 0. The highest BCUT2D eigenvalue weighted by molar-refractivity contribution is 5.39. The van der Waals surface area contributed by atoms with Gasteiger partial charge in [-0.05, 0) is 23.8 Å². The van der Waals surface area contributed by atoms with Crippen molar-refractivity contribution >= 4 is 0 Å². The summed E-state index contributed by atoms with van der Waals surface area (Å²) in [6, 6.07) is 14.2. The lowest BCUT2D eigenvalue weighted by atomic mass is 9.94. The molecule has 2 nitrogen and oxygen atoms in total. The minimum absolute atomic E-state index is 0.0370. The fourth-order valence-electron chi connectivity index (χ4n) is 2.33. The van der Waals surface area contributed by atoms with Crippen LogP contribution >= 0.6 is 0 Å². The summed E-state index contributed by atoms with van der Waals surface area (Å²) in [7, 11) is 0. The maximum Gasteiger partial charge on any atom is 0.126 e. The highest BCUT2D eigenvalue weighted by atomic mass is 19.1. The van der Waals surface area contributed by atoms with Crippen LogP contribution in [0.2, 0.25) is 0 Å². The lowest BCUT2D eigenvalue weighted by molar-refractivity contribution is 0.161. The monoisotopic (exact) mass is 243 g/mol. The summed E-state index contributed by atoms with van der Waals surface area (Å²) in [5.41, 5.74) is 8.15. The Morgan fingerprint density at radius 3 is 2.56 bits per heavy atom. The van der Waals surface area contributed by atoms with Crippen molar-refractivity contribution in [1.29, 1.82) is 0 Å². The van der Waals surface area contributed by atoms with Crippen LogP contribution in [0.15, 0.2) is 48.5 Å². The van der Waals surface area contributed by atoms with Crippen LogP contribution in [0.3, 0.4) is 0 Å². The van der Waals surface area contributed by atoms with Crippen LogP contribution in [0, 0.1) is 5.82 Å². The molecule has 3 rings (SSSR count). The van der Waals surface area contributed by atoms with Crippen LogP contribution in [-0.4, -0.2) is 0 Å². The fraction of sp³-hybridized carbons (Fsp3) is 0.200. The normalized spacial score (nSPS) is 22.1. The minimum atomic E-state index is -0.237. The molecule has 2 atom stereocenters. The lowest BCUT2D eigenvalue weighted by Gasteiger charge is -2.30. The van der Waals surface area contributed by atoms with Crippen molar-refractivity contribution < 1.29 is 9.13 Å². The van der Waals surface area contributed by atoms with E-state index in [4.69, 9.17) is 10.5 Å². The number of halogens is 1. The summed E-state index contributed by atoms with van der Waals surface area (Å²) < 4.78 is 18.8. The zero-order valence-corrected chi connectivity index (χ0v) is 9.84. The number of fused-ring (bicyclic) bond motifs is 1. The van der Waals surface area contributed by atoms with Gasteiger partial charge in [0.2, 0.25) is 0 Å². The smallest absolute Gasteiger partial charge is 0.126 e. The van der Waals surface area contributed by atoms with Gasteiger partial charge in [-0.3, -0.25) is 0 Å². The molecular formula is C15H14FNO. The van der Waals surface area contributed by atoms with Crippen LogP contribution in [0.25, 0.3) is 0 Å². The Labute approximate surface area is 105 Å². The van der Waals surface area contributed by atoms with Crippen LogP contribution in [0.1, 0.15) is 29.7 Å². The molecule has 0 bridgehead atoms. The van der Waals surface area contributed by atoms with Gasteiger partial charge in [-0.25, -0.2) is 4.39 Å². The molecule has 3 heteroatoms. The van der Waals surface area contributed by atoms with E-state index in [2.05, 4.69) is 0 Å². The SMILES string of the molecule is N[C@H]1CC(c2ccc(F)cc2)Oc2ccccc21. The van der Waals surface area contributed by atoms with Gasteiger partial charge in [0.1, 0.15) is 17.7 Å². The van der Waals surface area contributed by atoms with Crippen molar-refractivity contribution in [1.82, 2.24) is 0 Å². The van der Waals surface area contributed by atoms with Crippen LogP contribution in [-0.2, 0) is 0 Å². The van der Waals surface area contributed by atoms with E-state index in [9.17, 15) is 4.39 Å². The van der Waals surface area contributed by atoms with Gasteiger partial charge in [0.15, 0.2) is 0 Å². The van der Waals surface area contributed by atoms with Crippen molar-refractivity contribution in [2.45, 2.75) is 18.6 Å². The van der Waals surface area contributed by atoms with Crippen molar-refractivity contribution in [2.75, 3.05) is 0 Å². The highest BCUT2D eigenvalue weighted by Gasteiger charge is 2.26. The predicted octanol–water partition coefficient (Wildman–Crippen LogP) is 3.35. The molecule has 0 saturated heterocycles. The molecule has 92 valence electrons. The Morgan fingerprint density at radius 2 is 1.78 bits per heavy atom. The van der Waals surface area contributed by atoms with Crippen molar-refractivity contribution in [3.05, 3.63) is 65.5 Å². The summed E-state index contributed by atoms with van der Waals surface area (Å²) in [6.07, 6.45) is 0.610. The van der Waals surface area contributed by atoms with Gasteiger partial charge in [-0.15, -0.1) is 0 Å². The van der Waals surface area contributed by atoms with E-state index in [1.165, 1.54) is 12.1 Å². The Balaban J connectivity index is 1.92. The Bertz CT molecular complexity index is 553. The first-order valence-corrected chi connectivity index (χ1v) is 6.00. The van der Waals surface area contributed by atoms with E-state index < -0.39 is 0 Å². The van der Waals surface area contributed by atoms with Gasteiger partial charge in [-0.1, -0.05) is 30.3 Å². The first kappa shape index (κ1) is 11.2. The average Bonchev–Trinajstić information content (AvgIpc) is 2.39. The fourth-order valence-corrected chi connectivity index (χ4v) is 2.33. The molecule has 1 unspecified atom stereocenters. The van der Waals surface area contributed by atoms with E-state index in [1.54, 1.807) is 12.1 Å². The van der Waals surface area contributed by atoms with E-state index in [1.807, 2.05) is 24.3 Å². The second-order valence-electron chi connectivity index (χ2n) is 4.54. The standard InChI is InChI=1S/C15H14FNO/c16-11-7-5-10(6-8-11)15-9-13(17)12-3-1-2-4-14(12)18-15/h1-8,13,15H,9,17H2/t13-,15?/m0/s1. The number of nitrogens with two attached hydrogens (primary N) is 1. The number of ether oxygens (including phenoxy) is 1. The van der Waals surface area contributed by atoms with Crippen LogP contribution < -0.4 is 10.5 Å². The molecule has 1 aliphatic heterocycles. The Kier molecular flexibility index (Phi) is 2.76. The Hall–Kier alpha value is -1.87. The first-order valence-electron chi connectivity index (χ1n) is 6.00. The largest absolute Gasteiger partial charge is 0.485 e. The molecule has 2 aromatic carbocycles. The van der Waals surface area contributed by atoms with E-state index >= 15 is 0 Å². The number of para-hydroxylation sites is 1. The third-order valence-electron chi connectivity index (χ3n) is 3.30. The Morgan fingerprint density at radius 1 is 1.06 bits per heavy atom. The van der Waals surface area contributed by atoms with Crippen molar-refractivity contribution in [2.24, 2.45) is 5.73 Å². The first-order chi connectivity index (χ1) is 8.74. The maximum atomic E-state index is 12.9. The van der Waals surface area contributed by atoms with Gasteiger partial charge in [0.25, 0.3) is 0 Å². The number of benzene rings is 2. The van der Waals surface area contributed by atoms with E-state index in [-0.39, 0.29) is 18.0 Å². The highest BCUT2D eigenvalue weighted by Crippen LogP contribution is 2.39. The molecule has 1 heterocycles. The molecular weight excluding hydrogens is 229 g/mol. The van der Waals surface area contributed by atoms with Gasteiger partial charge in [-0.2, -0.15) is 0 Å². The third-order valence-corrected chi connectivity index (χ3v) is 3.30. The quantitative estimate of drug-likeness (QED) is 0.833. The summed E-state index contributed by atoms with van der Waals surface area (Å²) in [6.45, 7) is 0. The molecule has 2 aromatic rings. The molecule has 0 aliphatic carbocycles. The second kappa shape index (κ2) is 4.42. The zero-order chi connectivity index (χ0) is 12.5. The molecule has 1 aliphatic rings. The molecule has 0 aromatic heterocycles. The zero-order valence-electron chi connectivity index (χ0n) is 9.84. The second-order valence-corrected chi connectivity index (χ2v) is 4.54. The van der Waals surface area contributed by atoms with Gasteiger partial charge in [0, 0.05) is 18.0 Å². The van der Waals surface area contributed by atoms with Crippen LogP contribution in [0.5, 0.6) is 5.75 Å². The lowest BCUT2D eigenvalue weighted by Crippen LogP contribution is -2.24. The van der Waals surface area contributed by atoms with Crippen molar-refractivity contribution in [3.8, 4) is 5.75 Å². The summed E-state index contributed by atoms with van der Waals surface area (Å²) >= 11 is 0. The summed E-state index contributed by atoms with van der Waals surface area (Å²) in [5, 5.41) is 0. The number of hydrogen-bond donors (Lipinski definition) is 1. The third kappa shape index (κ3) is 1.97. The molecule has 18 heavy (non-hydrogen) atoms. The maximum absolute atomic E-state index is 12.9. The van der Waals surface area contributed by atoms with Gasteiger partial charge in [0.05, 0.1) is 0 Å². The molecule has 0 fully saturated rings. The van der Waals surface area contributed by atoms with E-state index in [0.29, 0.717) is 6.42 Å². The summed E-state index contributed by atoms with van der Waals surface area (Å²) in [5.74, 6) is 0.588. The molecule has 2 N–H and O–H groups in total. The average molecular weight is 243 g/mol. The van der Waals surface area contributed by atoms with Gasteiger partial charge >= 0.3 is 0 Å². The predicted molar refractivity (Wildman–Crippen MR) is 67.8 cm³/mol. The van der Waals surface area contributed by atoms with Gasteiger partial charge < -0.3 is 10.5 Å². The van der Waals surface area contributed by atoms with Crippen LogP contribution in [0.4, 0.5) is 4.39 Å². The molecule has 0 radical (unpaired) electrons. The minimum Gasteiger partial charge on any atom is -0.485 e. The number of hydrogen-bond acceptors (Lipinski definition) is 2.